The van der Waals surface area contributed by atoms with E-state index in [9.17, 15) is 13.2 Å². The molecule has 0 aromatic carbocycles. The Balaban J connectivity index is 2.38. The molecule has 1 saturated heterocycles. The van der Waals surface area contributed by atoms with Crippen LogP contribution in [0.5, 0.6) is 0 Å². The Morgan fingerprint density at radius 1 is 1.19 bits per heavy atom. The Labute approximate surface area is 126 Å². The molecule has 0 aromatic rings. The Morgan fingerprint density at radius 3 is 2.19 bits per heavy atom. The highest BCUT2D eigenvalue weighted by Gasteiger charge is 2.32. The van der Waals surface area contributed by atoms with Crippen molar-refractivity contribution in [3.8, 4) is 0 Å². The molecule has 0 bridgehead atoms. The van der Waals surface area contributed by atoms with Crippen LogP contribution in [-0.4, -0.2) is 68.3 Å². The van der Waals surface area contributed by atoms with Crippen LogP contribution in [0.2, 0.25) is 0 Å². The monoisotopic (exact) mass is 309 g/mol. The zero-order chi connectivity index (χ0) is 16.0. The van der Waals surface area contributed by atoms with Gasteiger partial charge < -0.3 is 10.2 Å². The quantitative estimate of drug-likeness (QED) is 0.780. The molecule has 21 heavy (non-hydrogen) atoms. The van der Waals surface area contributed by atoms with Gasteiger partial charge in [-0.3, -0.25) is 4.90 Å². The third-order valence-electron chi connectivity index (χ3n) is 3.80. The Morgan fingerprint density at radius 2 is 1.76 bits per heavy atom. The smallest absolute Gasteiger partial charge is 0.310 e. The Hall–Kier alpha value is -0.330. The van der Waals surface area contributed by atoms with Gasteiger partial charge in [-0.05, 0) is 52.4 Å². The lowest BCUT2D eigenvalue weighted by molar-refractivity contribution is -0.148. The minimum atomic E-state index is -4.08. The normalized spacial score (nSPS) is 20.4. The number of nitrogens with one attached hydrogen (secondary N) is 1. The minimum absolute atomic E-state index is 0.346. The first kappa shape index (κ1) is 18.7. The van der Waals surface area contributed by atoms with Crippen LogP contribution in [0, 0.1) is 5.92 Å². The van der Waals surface area contributed by atoms with Crippen molar-refractivity contribution < 1.29 is 13.2 Å². The second kappa shape index (κ2) is 8.34. The molecule has 1 fully saturated rings. The predicted octanol–water partition coefficient (Wildman–Crippen LogP) is 2.58. The van der Waals surface area contributed by atoms with E-state index in [0.29, 0.717) is 31.1 Å². The lowest BCUT2D eigenvalue weighted by Crippen LogP contribution is -2.50. The fourth-order valence-electron chi connectivity index (χ4n) is 3.05. The van der Waals surface area contributed by atoms with Gasteiger partial charge in [0.1, 0.15) is 0 Å². The van der Waals surface area contributed by atoms with Crippen LogP contribution in [-0.2, 0) is 0 Å². The van der Waals surface area contributed by atoms with Gasteiger partial charge in [-0.25, -0.2) is 0 Å². The molecular weight excluding hydrogens is 279 g/mol. The van der Waals surface area contributed by atoms with Crippen molar-refractivity contribution >= 4 is 0 Å². The summed E-state index contributed by atoms with van der Waals surface area (Å²) in [7, 11) is 4.11. The summed E-state index contributed by atoms with van der Waals surface area (Å²) in [5.41, 5.74) is 0. The molecule has 0 saturated carbocycles. The van der Waals surface area contributed by atoms with Crippen molar-refractivity contribution in [2.45, 2.75) is 51.4 Å². The second-order valence-corrected chi connectivity index (χ2v) is 6.92. The average molecular weight is 309 g/mol. The minimum Gasteiger partial charge on any atom is -0.310 e. The molecule has 1 unspecified atom stereocenters. The molecule has 1 heterocycles. The van der Waals surface area contributed by atoms with Crippen LogP contribution >= 0.6 is 0 Å². The standard InChI is InChI=1S/C15H30F3N3/c1-12(2)9-14(10-20(3)4)19-13-5-7-21(8-6-13)11-15(16,17)18/h12-14,19H,5-11H2,1-4H3. The molecule has 0 spiro atoms. The van der Waals surface area contributed by atoms with E-state index in [0.717, 1.165) is 25.8 Å². The van der Waals surface area contributed by atoms with Crippen molar-refractivity contribution in [1.82, 2.24) is 15.1 Å². The van der Waals surface area contributed by atoms with E-state index < -0.39 is 12.7 Å². The summed E-state index contributed by atoms with van der Waals surface area (Å²) in [6.07, 6.45) is -1.37. The molecule has 1 aliphatic rings. The second-order valence-electron chi connectivity index (χ2n) is 6.92. The van der Waals surface area contributed by atoms with Gasteiger partial charge in [0.25, 0.3) is 0 Å². The SMILES string of the molecule is CC(C)CC(CN(C)C)NC1CCN(CC(F)(F)F)CC1. The average Bonchev–Trinajstić information content (AvgIpc) is 2.28. The first-order valence-electron chi connectivity index (χ1n) is 7.85. The highest BCUT2D eigenvalue weighted by atomic mass is 19.4. The zero-order valence-corrected chi connectivity index (χ0v) is 13.7. The van der Waals surface area contributed by atoms with Gasteiger partial charge in [0.15, 0.2) is 0 Å². The van der Waals surface area contributed by atoms with Crippen molar-refractivity contribution in [1.29, 1.82) is 0 Å². The number of hydrogen-bond donors (Lipinski definition) is 1. The Kier molecular flexibility index (Phi) is 7.44. The molecule has 126 valence electrons. The molecule has 1 atom stereocenters. The third kappa shape index (κ3) is 8.63. The number of alkyl halides is 3. The summed E-state index contributed by atoms with van der Waals surface area (Å²) in [5.74, 6) is 0.618. The number of hydrogen-bond acceptors (Lipinski definition) is 3. The fourth-order valence-corrected chi connectivity index (χ4v) is 3.05. The maximum atomic E-state index is 12.4. The van der Waals surface area contributed by atoms with Crippen LogP contribution in [0.25, 0.3) is 0 Å². The lowest BCUT2D eigenvalue weighted by atomic mass is 9.99. The molecule has 0 aromatic heterocycles. The van der Waals surface area contributed by atoms with Gasteiger partial charge in [-0.1, -0.05) is 13.8 Å². The molecule has 3 nitrogen and oxygen atoms in total. The highest BCUT2D eigenvalue weighted by molar-refractivity contribution is 4.83. The molecule has 6 heteroatoms. The maximum absolute atomic E-state index is 12.4. The molecular formula is C15H30F3N3. The van der Waals surface area contributed by atoms with Crippen LogP contribution in [0.4, 0.5) is 13.2 Å². The van der Waals surface area contributed by atoms with E-state index in [4.69, 9.17) is 0 Å². The van der Waals surface area contributed by atoms with Gasteiger partial charge in [0.2, 0.25) is 0 Å². The number of likely N-dealkylation sites (tertiary alicyclic amines) is 1. The number of piperidine rings is 1. The summed E-state index contributed by atoms with van der Waals surface area (Å²) in [4.78, 5) is 3.68. The fraction of sp³-hybridized carbons (Fsp3) is 1.00. The number of rotatable bonds is 7. The summed E-state index contributed by atoms with van der Waals surface area (Å²) in [6.45, 7) is 5.68. The summed E-state index contributed by atoms with van der Waals surface area (Å²) < 4.78 is 37.1. The number of nitrogens with zero attached hydrogens (tertiary/aromatic N) is 2. The number of likely N-dealkylation sites (N-methyl/N-ethyl adjacent to an activating group) is 1. The lowest BCUT2D eigenvalue weighted by Gasteiger charge is -2.36. The summed E-state index contributed by atoms with van der Waals surface area (Å²) >= 11 is 0. The van der Waals surface area contributed by atoms with Gasteiger partial charge in [0, 0.05) is 18.6 Å². The molecule has 1 rings (SSSR count). The molecule has 1 N–H and O–H groups in total. The van der Waals surface area contributed by atoms with Crippen LogP contribution < -0.4 is 5.32 Å². The zero-order valence-electron chi connectivity index (χ0n) is 13.7. The van der Waals surface area contributed by atoms with Crippen molar-refractivity contribution in [3.05, 3.63) is 0 Å². The molecule has 0 radical (unpaired) electrons. The van der Waals surface area contributed by atoms with Gasteiger partial charge in [0.05, 0.1) is 6.54 Å². The highest BCUT2D eigenvalue weighted by Crippen LogP contribution is 2.20. The largest absolute Gasteiger partial charge is 0.401 e. The predicted molar refractivity (Wildman–Crippen MR) is 80.4 cm³/mol. The van der Waals surface area contributed by atoms with E-state index >= 15 is 0 Å². The van der Waals surface area contributed by atoms with Crippen molar-refractivity contribution in [2.24, 2.45) is 5.92 Å². The van der Waals surface area contributed by atoms with Gasteiger partial charge >= 0.3 is 6.18 Å². The van der Waals surface area contributed by atoms with E-state index in [1.165, 1.54) is 4.90 Å². The molecule has 0 aliphatic carbocycles. The first-order chi connectivity index (χ1) is 9.65. The van der Waals surface area contributed by atoms with E-state index in [2.05, 4.69) is 38.2 Å². The maximum Gasteiger partial charge on any atom is 0.401 e. The Bertz CT molecular complexity index is 274. The summed E-state index contributed by atoms with van der Waals surface area (Å²) in [5, 5.41) is 3.65. The molecule has 0 amide bonds. The topological polar surface area (TPSA) is 18.5 Å². The van der Waals surface area contributed by atoms with Crippen molar-refractivity contribution in [3.63, 3.8) is 0 Å². The van der Waals surface area contributed by atoms with Gasteiger partial charge in [-0.15, -0.1) is 0 Å². The molecule has 1 aliphatic heterocycles. The van der Waals surface area contributed by atoms with Crippen LogP contribution in [0.15, 0.2) is 0 Å². The third-order valence-corrected chi connectivity index (χ3v) is 3.80. The first-order valence-corrected chi connectivity index (χ1v) is 7.85. The summed E-state index contributed by atoms with van der Waals surface area (Å²) in [6, 6.07) is 0.761. The van der Waals surface area contributed by atoms with Crippen LogP contribution in [0.1, 0.15) is 33.1 Å². The van der Waals surface area contributed by atoms with Crippen LogP contribution in [0.3, 0.4) is 0 Å². The van der Waals surface area contributed by atoms with Gasteiger partial charge in [-0.2, -0.15) is 13.2 Å². The van der Waals surface area contributed by atoms with E-state index in [1.807, 2.05) is 0 Å². The van der Waals surface area contributed by atoms with E-state index in [-0.39, 0.29) is 0 Å². The van der Waals surface area contributed by atoms with Crippen molar-refractivity contribution in [2.75, 3.05) is 40.3 Å². The van der Waals surface area contributed by atoms with E-state index in [1.54, 1.807) is 0 Å². The number of halogens is 3.